The zero-order valence-corrected chi connectivity index (χ0v) is 16.6. The third kappa shape index (κ3) is 5.86. The van der Waals surface area contributed by atoms with Gasteiger partial charge in [-0.1, -0.05) is 11.6 Å². The van der Waals surface area contributed by atoms with Crippen LogP contribution in [0.3, 0.4) is 0 Å². The number of benzene rings is 2. The van der Waals surface area contributed by atoms with Crippen LogP contribution in [0.4, 0.5) is 0 Å². The standard InChI is InChI=1S/C20H19ClN2O6/c1-12(19(25)22-9-10-26-13(2)24)27-15-4-6-16(7-5-15)28-20-23-17-8-3-14(21)11-18(17)29-20/h3-8,11-12H,9-10H2,1-2H3,(H,22,25). The minimum atomic E-state index is -0.721. The molecular formula is C20H19ClN2O6. The maximum absolute atomic E-state index is 12.0. The van der Waals surface area contributed by atoms with Crippen LogP contribution in [0.5, 0.6) is 17.6 Å². The van der Waals surface area contributed by atoms with Crippen molar-refractivity contribution in [1.82, 2.24) is 10.3 Å². The van der Waals surface area contributed by atoms with Crippen LogP contribution in [0.1, 0.15) is 13.8 Å². The molecule has 9 heteroatoms. The van der Waals surface area contributed by atoms with Gasteiger partial charge >= 0.3 is 12.0 Å². The maximum Gasteiger partial charge on any atom is 0.400 e. The Bertz CT molecular complexity index is 1000. The first kappa shape index (κ1) is 20.5. The second kappa shape index (κ2) is 9.29. The fraction of sp³-hybridized carbons (Fsp3) is 0.250. The smallest absolute Gasteiger partial charge is 0.400 e. The van der Waals surface area contributed by atoms with Crippen LogP contribution in [-0.4, -0.2) is 36.1 Å². The minimum absolute atomic E-state index is 0.0939. The van der Waals surface area contributed by atoms with Crippen molar-refractivity contribution in [3.05, 3.63) is 47.5 Å². The van der Waals surface area contributed by atoms with Crippen LogP contribution in [-0.2, 0) is 14.3 Å². The first-order valence-corrected chi connectivity index (χ1v) is 9.20. The number of nitrogens with one attached hydrogen (secondary N) is 1. The molecule has 2 aromatic carbocycles. The molecule has 1 heterocycles. The normalized spacial score (nSPS) is 11.7. The first-order valence-electron chi connectivity index (χ1n) is 8.82. The highest BCUT2D eigenvalue weighted by Gasteiger charge is 2.14. The van der Waals surface area contributed by atoms with Gasteiger partial charge in [-0.15, -0.1) is 0 Å². The number of halogens is 1. The first-order chi connectivity index (χ1) is 13.9. The molecule has 1 unspecified atom stereocenters. The lowest BCUT2D eigenvalue weighted by atomic mass is 10.3. The van der Waals surface area contributed by atoms with E-state index < -0.39 is 12.1 Å². The molecule has 1 amide bonds. The largest absolute Gasteiger partial charge is 0.481 e. The number of amides is 1. The van der Waals surface area contributed by atoms with E-state index in [1.165, 1.54) is 6.92 Å². The van der Waals surface area contributed by atoms with Crippen LogP contribution in [0, 0.1) is 0 Å². The number of esters is 1. The van der Waals surface area contributed by atoms with Crippen LogP contribution in [0.15, 0.2) is 46.9 Å². The van der Waals surface area contributed by atoms with Crippen molar-refractivity contribution in [3.63, 3.8) is 0 Å². The summed E-state index contributed by atoms with van der Waals surface area (Å²) in [4.78, 5) is 26.9. The number of ether oxygens (including phenoxy) is 3. The molecule has 0 radical (unpaired) electrons. The molecule has 1 N–H and O–H groups in total. The number of fused-ring (bicyclic) bond motifs is 1. The van der Waals surface area contributed by atoms with E-state index in [0.717, 1.165) is 0 Å². The quantitative estimate of drug-likeness (QED) is 0.439. The lowest BCUT2D eigenvalue weighted by Crippen LogP contribution is -2.38. The Kier molecular flexibility index (Phi) is 6.56. The van der Waals surface area contributed by atoms with Gasteiger partial charge < -0.3 is 23.9 Å². The summed E-state index contributed by atoms with van der Waals surface area (Å²) in [6, 6.07) is 11.8. The predicted octanol–water partition coefficient (Wildman–Crippen LogP) is 3.72. The van der Waals surface area contributed by atoms with Gasteiger partial charge in [0.15, 0.2) is 11.7 Å². The number of aromatic nitrogens is 1. The van der Waals surface area contributed by atoms with Crippen molar-refractivity contribution < 1.29 is 28.2 Å². The van der Waals surface area contributed by atoms with Gasteiger partial charge in [0.2, 0.25) is 0 Å². The molecule has 0 spiro atoms. The molecule has 0 aliphatic rings. The van der Waals surface area contributed by atoms with E-state index in [1.54, 1.807) is 49.4 Å². The van der Waals surface area contributed by atoms with Crippen molar-refractivity contribution in [2.24, 2.45) is 0 Å². The lowest BCUT2D eigenvalue weighted by molar-refractivity contribution is -0.141. The van der Waals surface area contributed by atoms with Gasteiger partial charge in [0.05, 0.1) is 6.54 Å². The van der Waals surface area contributed by atoms with E-state index in [1.807, 2.05) is 0 Å². The van der Waals surface area contributed by atoms with Gasteiger partial charge in [0, 0.05) is 18.0 Å². The molecule has 152 valence electrons. The summed E-state index contributed by atoms with van der Waals surface area (Å²) in [5.74, 6) is 0.271. The predicted molar refractivity (Wildman–Crippen MR) is 105 cm³/mol. The summed E-state index contributed by atoms with van der Waals surface area (Å²) in [5, 5.41) is 3.17. The third-order valence-electron chi connectivity index (χ3n) is 3.75. The topological polar surface area (TPSA) is 99.9 Å². The van der Waals surface area contributed by atoms with E-state index in [0.29, 0.717) is 27.6 Å². The molecule has 3 rings (SSSR count). The Morgan fingerprint density at radius 1 is 1.17 bits per heavy atom. The van der Waals surface area contributed by atoms with Gasteiger partial charge in [-0.05, 0) is 43.3 Å². The van der Waals surface area contributed by atoms with Gasteiger partial charge in [-0.25, -0.2) is 0 Å². The Morgan fingerprint density at radius 3 is 2.62 bits per heavy atom. The van der Waals surface area contributed by atoms with Crippen molar-refractivity contribution in [1.29, 1.82) is 0 Å². The van der Waals surface area contributed by atoms with E-state index in [4.69, 9.17) is 30.2 Å². The summed E-state index contributed by atoms with van der Waals surface area (Å²) in [5.41, 5.74) is 1.17. The highest BCUT2D eigenvalue weighted by molar-refractivity contribution is 6.31. The molecular weight excluding hydrogens is 400 g/mol. The van der Waals surface area contributed by atoms with Crippen LogP contribution >= 0.6 is 11.6 Å². The summed E-state index contributed by atoms with van der Waals surface area (Å²) in [6.45, 7) is 3.26. The van der Waals surface area contributed by atoms with Crippen LogP contribution in [0.2, 0.25) is 5.02 Å². The van der Waals surface area contributed by atoms with Gasteiger partial charge in [-0.3, -0.25) is 9.59 Å². The lowest BCUT2D eigenvalue weighted by Gasteiger charge is -2.14. The van der Waals surface area contributed by atoms with E-state index in [9.17, 15) is 9.59 Å². The highest BCUT2D eigenvalue weighted by atomic mass is 35.5. The highest BCUT2D eigenvalue weighted by Crippen LogP contribution is 2.28. The van der Waals surface area contributed by atoms with Crippen molar-refractivity contribution in [2.75, 3.05) is 13.2 Å². The maximum atomic E-state index is 12.0. The SMILES string of the molecule is CC(=O)OCCNC(=O)C(C)Oc1ccc(Oc2nc3ccc(Cl)cc3o2)cc1. The molecule has 1 aromatic heterocycles. The van der Waals surface area contributed by atoms with E-state index >= 15 is 0 Å². The van der Waals surface area contributed by atoms with Gasteiger partial charge in [-0.2, -0.15) is 4.98 Å². The molecule has 1 atom stereocenters. The monoisotopic (exact) mass is 418 g/mol. The summed E-state index contributed by atoms with van der Waals surface area (Å²) in [6.07, 6.45) is -0.627. The van der Waals surface area contributed by atoms with E-state index in [2.05, 4.69) is 10.3 Å². The number of hydrogen-bond acceptors (Lipinski definition) is 7. The van der Waals surface area contributed by atoms with Crippen molar-refractivity contribution in [2.45, 2.75) is 20.0 Å². The number of oxazole rings is 1. The number of carbonyl (C=O) groups is 2. The minimum Gasteiger partial charge on any atom is -0.481 e. The number of nitrogens with zero attached hydrogens (tertiary/aromatic N) is 1. The average molecular weight is 419 g/mol. The molecule has 0 bridgehead atoms. The molecule has 0 saturated heterocycles. The molecule has 0 aliphatic carbocycles. The average Bonchev–Trinajstić information content (AvgIpc) is 3.07. The fourth-order valence-corrected chi connectivity index (χ4v) is 2.54. The number of carbonyl (C=O) groups excluding carboxylic acids is 2. The summed E-state index contributed by atoms with van der Waals surface area (Å²) < 4.78 is 21.4. The summed E-state index contributed by atoms with van der Waals surface area (Å²) in [7, 11) is 0. The van der Waals surface area contributed by atoms with Crippen molar-refractivity contribution >= 4 is 34.6 Å². The van der Waals surface area contributed by atoms with Crippen LogP contribution in [0.25, 0.3) is 11.1 Å². The fourth-order valence-electron chi connectivity index (χ4n) is 2.38. The summed E-state index contributed by atoms with van der Waals surface area (Å²) >= 11 is 5.93. The number of rotatable bonds is 8. The second-order valence-electron chi connectivity index (χ2n) is 6.06. The number of hydrogen-bond donors (Lipinski definition) is 1. The van der Waals surface area contributed by atoms with Crippen molar-refractivity contribution in [3.8, 4) is 17.6 Å². The second-order valence-corrected chi connectivity index (χ2v) is 6.49. The molecule has 3 aromatic rings. The molecule has 8 nitrogen and oxygen atoms in total. The zero-order valence-electron chi connectivity index (χ0n) is 15.8. The molecule has 0 fully saturated rings. The zero-order chi connectivity index (χ0) is 20.8. The Balaban J connectivity index is 1.52. The van der Waals surface area contributed by atoms with Gasteiger partial charge in [0.1, 0.15) is 23.6 Å². The Hall–Kier alpha value is -3.26. The van der Waals surface area contributed by atoms with E-state index in [-0.39, 0.29) is 25.1 Å². The van der Waals surface area contributed by atoms with Crippen LogP contribution < -0.4 is 14.8 Å². The Labute approximate surface area is 171 Å². The molecule has 29 heavy (non-hydrogen) atoms. The third-order valence-corrected chi connectivity index (χ3v) is 3.98. The Morgan fingerprint density at radius 2 is 1.90 bits per heavy atom. The molecule has 0 saturated carbocycles. The van der Waals surface area contributed by atoms with Gasteiger partial charge in [0.25, 0.3) is 5.91 Å². The molecule has 0 aliphatic heterocycles.